The highest BCUT2D eigenvalue weighted by Gasteiger charge is 2.16. The smallest absolute Gasteiger partial charge is 0.0223 e. The third-order valence-electron chi connectivity index (χ3n) is 3.04. The zero-order valence-corrected chi connectivity index (χ0v) is 12.0. The normalized spacial score (nSPS) is 11.8. The monoisotopic (exact) mass is 253 g/mol. The molecule has 0 amide bonds. The Kier molecular flexibility index (Phi) is 6.01. The van der Waals surface area contributed by atoms with E-state index in [1.165, 1.54) is 17.5 Å². The van der Waals surface area contributed by atoms with Crippen LogP contribution in [0.15, 0.2) is 24.3 Å². The second-order valence-corrected chi connectivity index (χ2v) is 5.92. The Morgan fingerprint density at radius 1 is 1.18 bits per heavy atom. The lowest BCUT2D eigenvalue weighted by molar-refractivity contribution is 0.311. The number of aryl methyl sites for hydroxylation is 1. The summed E-state index contributed by atoms with van der Waals surface area (Å²) in [6, 6.07) is 8.70. The van der Waals surface area contributed by atoms with E-state index >= 15 is 0 Å². The van der Waals surface area contributed by atoms with Gasteiger partial charge in [0.2, 0.25) is 0 Å². The Hall–Kier alpha value is -0.530. The van der Waals surface area contributed by atoms with Gasteiger partial charge in [0, 0.05) is 19.0 Å². The molecule has 0 fully saturated rings. The van der Waals surface area contributed by atoms with Crippen molar-refractivity contribution in [2.24, 2.45) is 5.41 Å². The van der Waals surface area contributed by atoms with Gasteiger partial charge < -0.3 is 5.32 Å². The molecule has 0 unspecified atom stereocenters. The molecule has 0 aliphatic carbocycles. The Morgan fingerprint density at radius 2 is 1.82 bits per heavy atom. The third-order valence-corrected chi connectivity index (χ3v) is 3.31. The highest BCUT2D eigenvalue weighted by molar-refractivity contribution is 6.17. The van der Waals surface area contributed by atoms with Gasteiger partial charge in [-0.15, -0.1) is 11.6 Å². The quantitative estimate of drug-likeness (QED) is 0.721. The number of hydrogen-bond donors (Lipinski definition) is 1. The number of benzene rings is 1. The lowest BCUT2D eigenvalue weighted by Crippen LogP contribution is -2.29. The van der Waals surface area contributed by atoms with Crippen LogP contribution in [0, 0.1) is 12.3 Å². The molecule has 0 saturated carbocycles. The topological polar surface area (TPSA) is 12.0 Å². The van der Waals surface area contributed by atoms with E-state index in [4.69, 9.17) is 11.6 Å². The fourth-order valence-electron chi connectivity index (χ4n) is 1.88. The summed E-state index contributed by atoms with van der Waals surface area (Å²) in [6.07, 6.45) is 2.28. The highest BCUT2D eigenvalue weighted by Crippen LogP contribution is 2.21. The summed E-state index contributed by atoms with van der Waals surface area (Å²) in [7, 11) is 0. The first-order valence-corrected chi connectivity index (χ1v) is 6.89. The van der Waals surface area contributed by atoms with E-state index in [-0.39, 0.29) is 0 Å². The number of halogens is 1. The molecular weight excluding hydrogens is 230 g/mol. The molecule has 1 N–H and O–H groups in total. The van der Waals surface area contributed by atoms with E-state index in [0.29, 0.717) is 5.41 Å². The summed E-state index contributed by atoms with van der Waals surface area (Å²) < 4.78 is 0. The third kappa shape index (κ3) is 6.09. The van der Waals surface area contributed by atoms with Crippen molar-refractivity contribution in [1.29, 1.82) is 0 Å². The van der Waals surface area contributed by atoms with Crippen LogP contribution in [0.2, 0.25) is 0 Å². The van der Waals surface area contributed by atoms with Crippen molar-refractivity contribution in [3.63, 3.8) is 0 Å². The van der Waals surface area contributed by atoms with Gasteiger partial charge in [0.25, 0.3) is 0 Å². The van der Waals surface area contributed by atoms with Crippen molar-refractivity contribution in [3.8, 4) is 0 Å². The van der Waals surface area contributed by atoms with Crippen LogP contribution < -0.4 is 5.32 Å². The van der Waals surface area contributed by atoms with Crippen molar-refractivity contribution in [2.75, 3.05) is 12.4 Å². The predicted molar refractivity (Wildman–Crippen MR) is 76.6 cm³/mol. The van der Waals surface area contributed by atoms with Gasteiger partial charge in [-0.2, -0.15) is 0 Å². The number of alkyl halides is 1. The summed E-state index contributed by atoms with van der Waals surface area (Å²) in [5.41, 5.74) is 3.00. The van der Waals surface area contributed by atoms with Crippen LogP contribution in [0.3, 0.4) is 0 Å². The molecule has 0 spiro atoms. The van der Waals surface area contributed by atoms with Crippen LogP contribution in [0.5, 0.6) is 0 Å². The van der Waals surface area contributed by atoms with Crippen molar-refractivity contribution < 1.29 is 0 Å². The first kappa shape index (κ1) is 14.5. The van der Waals surface area contributed by atoms with Crippen LogP contribution in [0.1, 0.15) is 37.8 Å². The molecule has 17 heavy (non-hydrogen) atoms. The van der Waals surface area contributed by atoms with Gasteiger partial charge in [0.15, 0.2) is 0 Å². The molecular formula is C15H24ClN. The molecule has 1 rings (SSSR count). The van der Waals surface area contributed by atoms with Gasteiger partial charge in [-0.1, -0.05) is 43.7 Å². The van der Waals surface area contributed by atoms with Crippen molar-refractivity contribution >= 4 is 11.6 Å². The van der Waals surface area contributed by atoms with Crippen molar-refractivity contribution in [2.45, 2.75) is 40.2 Å². The molecule has 0 aliphatic heterocycles. The SMILES string of the molecule is Cc1ccc(CNCC(C)(C)CCCCl)cc1. The molecule has 96 valence electrons. The largest absolute Gasteiger partial charge is 0.312 e. The maximum absolute atomic E-state index is 5.73. The van der Waals surface area contributed by atoms with Crippen LogP contribution in [0.25, 0.3) is 0 Å². The Bertz CT molecular complexity index is 316. The van der Waals surface area contributed by atoms with E-state index in [0.717, 1.165) is 25.4 Å². The van der Waals surface area contributed by atoms with Crippen LogP contribution in [-0.4, -0.2) is 12.4 Å². The molecule has 2 heteroatoms. The molecule has 0 heterocycles. The molecule has 1 nitrogen and oxygen atoms in total. The highest BCUT2D eigenvalue weighted by atomic mass is 35.5. The van der Waals surface area contributed by atoms with Crippen LogP contribution in [0.4, 0.5) is 0 Å². The van der Waals surface area contributed by atoms with Gasteiger partial charge in [-0.25, -0.2) is 0 Å². The zero-order valence-electron chi connectivity index (χ0n) is 11.2. The van der Waals surface area contributed by atoms with Crippen LogP contribution >= 0.6 is 11.6 Å². The minimum Gasteiger partial charge on any atom is -0.312 e. The molecule has 0 saturated heterocycles. The van der Waals surface area contributed by atoms with Crippen LogP contribution in [-0.2, 0) is 6.54 Å². The average Bonchev–Trinajstić information content (AvgIpc) is 2.29. The fourth-order valence-corrected chi connectivity index (χ4v) is 2.02. The number of rotatable bonds is 7. The van der Waals surface area contributed by atoms with E-state index in [2.05, 4.69) is 50.4 Å². The van der Waals surface area contributed by atoms with E-state index in [9.17, 15) is 0 Å². The first-order chi connectivity index (χ1) is 8.03. The standard InChI is InChI=1S/C15H24ClN/c1-13-5-7-14(8-6-13)11-17-12-15(2,3)9-4-10-16/h5-8,17H,4,9-12H2,1-3H3. The molecule has 1 aromatic rings. The minimum atomic E-state index is 0.333. The molecule has 0 atom stereocenters. The van der Waals surface area contributed by atoms with Gasteiger partial charge >= 0.3 is 0 Å². The Morgan fingerprint density at radius 3 is 2.41 bits per heavy atom. The molecule has 1 aromatic carbocycles. The second-order valence-electron chi connectivity index (χ2n) is 5.55. The number of nitrogens with one attached hydrogen (secondary N) is 1. The summed E-state index contributed by atoms with van der Waals surface area (Å²) in [4.78, 5) is 0. The summed E-state index contributed by atoms with van der Waals surface area (Å²) in [6.45, 7) is 8.69. The van der Waals surface area contributed by atoms with Gasteiger partial charge in [0.1, 0.15) is 0 Å². The zero-order chi connectivity index (χ0) is 12.7. The van der Waals surface area contributed by atoms with Crippen molar-refractivity contribution in [3.05, 3.63) is 35.4 Å². The predicted octanol–water partition coefficient (Wildman–Crippen LogP) is 4.13. The Balaban J connectivity index is 2.29. The van der Waals surface area contributed by atoms with E-state index in [1.807, 2.05) is 0 Å². The summed E-state index contributed by atoms with van der Waals surface area (Å²) in [5.74, 6) is 0.765. The molecule has 0 radical (unpaired) electrons. The number of hydrogen-bond acceptors (Lipinski definition) is 1. The summed E-state index contributed by atoms with van der Waals surface area (Å²) >= 11 is 5.73. The maximum Gasteiger partial charge on any atom is 0.0223 e. The molecule has 0 aromatic heterocycles. The Labute approximate surface area is 111 Å². The fraction of sp³-hybridized carbons (Fsp3) is 0.600. The van der Waals surface area contributed by atoms with Crippen molar-refractivity contribution in [1.82, 2.24) is 5.32 Å². The van der Waals surface area contributed by atoms with E-state index < -0.39 is 0 Å². The second kappa shape index (κ2) is 7.03. The maximum atomic E-state index is 5.73. The lowest BCUT2D eigenvalue weighted by Gasteiger charge is -2.24. The first-order valence-electron chi connectivity index (χ1n) is 6.36. The summed E-state index contributed by atoms with van der Waals surface area (Å²) in [5, 5.41) is 3.53. The van der Waals surface area contributed by atoms with E-state index in [1.54, 1.807) is 0 Å². The van der Waals surface area contributed by atoms with Gasteiger partial charge in [0.05, 0.1) is 0 Å². The van der Waals surface area contributed by atoms with Gasteiger partial charge in [-0.3, -0.25) is 0 Å². The molecule has 0 aliphatic rings. The average molecular weight is 254 g/mol. The lowest BCUT2D eigenvalue weighted by atomic mass is 9.88. The van der Waals surface area contributed by atoms with Gasteiger partial charge in [-0.05, 0) is 30.7 Å². The molecule has 0 bridgehead atoms. The minimum absolute atomic E-state index is 0.333.